The fourth-order valence-corrected chi connectivity index (χ4v) is 2.19. The van der Waals surface area contributed by atoms with Gasteiger partial charge in [0.15, 0.2) is 5.11 Å². The number of hydrogen-bond acceptors (Lipinski definition) is 3. The highest BCUT2D eigenvalue weighted by Crippen LogP contribution is 2.15. The number of aromatic hydroxyl groups is 1. The molecule has 0 bridgehead atoms. The molecule has 0 radical (unpaired) electrons. The maximum atomic E-state index is 9.25. The van der Waals surface area contributed by atoms with Crippen LogP contribution in [-0.4, -0.2) is 15.9 Å². The SMILES string of the molecule is C/C(=N\NC(=S)Nc1cccc(Br)c1)c1ccc(O)cc1. The minimum absolute atomic E-state index is 0.228. The predicted molar refractivity (Wildman–Crippen MR) is 93.8 cm³/mol. The number of hydrazone groups is 1. The van der Waals surface area contributed by atoms with Gasteiger partial charge in [0.25, 0.3) is 0 Å². The second-order valence-electron chi connectivity index (χ2n) is 4.32. The summed E-state index contributed by atoms with van der Waals surface area (Å²) < 4.78 is 0.971. The molecule has 108 valence electrons. The van der Waals surface area contributed by atoms with Gasteiger partial charge in [-0.1, -0.05) is 22.0 Å². The molecule has 0 heterocycles. The Kier molecular flexibility index (Phi) is 5.30. The third kappa shape index (κ3) is 4.84. The maximum absolute atomic E-state index is 9.25. The molecule has 0 fully saturated rings. The van der Waals surface area contributed by atoms with Gasteiger partial charge in [0.2, 0.25) is 0 Å². The topological polar surface area (TPSA) is 56.7 Å². The average molecular weight is 364 g/mol. The Bertz CT molecular complexity index is 671. The van der Waals surface area contributed by atoms with E-state index in [9.17, 15) is 5.11 Å². The summed E-state index contributed by atoms with van der Waals surface area (Å²) in [4.78, 5) is 0. The van der Waals surface area contributed by atoms with Crippen LogP contribution in [0, 0.1) is 0 Å². The van der Waals surface area contributed by atoms with Crippen LogP contribution < -0.4 is 10.7 Å². The molecule has 0 aliphatic rings. The van der Waals surface area contributed by atoms with Gasteiger partial charge in [0.1, 0.15) is 5.75 Å². The van der Waals surface area contributed by atoms with E-state index in [2.05, 4.69) is 31.8 Å². The van der Waals surface area contributed by atoms with Gasteiger partial charge < -0.3 is 10.4 Å². The number of thiocarbonyl (C=S) groups is 1. The predicted octanol–water partition coefficient (Wildman–Crippen LogP) is 3.87. The fraction of sp³-hybridized carbons (Fsp3) is 0.0667. The van der Waals surface area contributed by atoms with E-state index in [-0.39, 0.29) is 5.75 Å². The normalized spacial score (nSPS) is 11.0. The Morgan fingerprint density at radius 3 is 2.57 bits per heavy atom. The number of benzene rings is 2. The Morgan fingerprint density at radius 1 is 1.19 bits per heavy atom. The van der Waals surface area contributed by atoms with Crippen LogP contribution in [0.1, 0.15) is 12.5 Å². The number of nitrogens with one attached hydrogen (secondary N) is 2. The highest BCUT2D eigenvalue weighted by atomic mass is 79.9. The van der Waals surface area contributed by atoms with Gasteiger partial charge in [-0.15, -0.1) is 0 Å². The van der Waals surface area contributed by atoms with E-state index in [1.54, 1.807) is 24.3 Å². The van der Waals surface area contributed by atoms with E-state index in [1.807, 2.05) is 31.2 Å². The first-order valence-electron chi connectivity index (χ1n) is 6.21. The van der Waals surface area contributed by atoms with Crippen molar-refractivity contribution in [3.05, 3.63) is 58.6 Å². The van der Waals surface area contributed by atoms with Crippen molar-refractivity contribution in [1.82, 2.24) is 5.43 Å². The van der Waals surface area contributed by atoms with Crippen molar-refractivity contribution in [2.75, 3.05) is 5.32 Å². The minimum atomic E-state index is 0.228. The van der Waals surface area contributed by atoms with Crippen LogP contribution in [0.25, 0.3) is 0 Å². The monoisotopic (exact) mass is 363 g/mol. The van der Waals surface area contributed by atoms with Crippen LogP contribution in [0.5, 0.6) is 5.75 Å². The Hall–Kier alpha value is -1.92. The van der Waals surface area contributed by atoms with Crippen LogP contribution in [0.4, 0.5) is 5.69 Å². The summed E-state index contributed by atoms with van der Waals surface area (Å²) in [7, 11) is 0. The lowest BCUT2D eigenvalue weighted by atomic mass is 10.1. The third-order valence-electron chi connectivity index (χ3n) is 2.69. The molecule has 0 saturated carbocycles. The highest BCUT2D eigenvalue weighted by Gasteiger charge is 2.00. The van der Waals surface area contributed by atoms with Gasteiger partial charge in [0.05, 0.1) is 5.71 Å². The summed E-state index contributed by atoms with van der Waals surface area (Å²) in [5.41, 5.74) is 5.35. The van der Waals surface area contributed by atoms with Crippen molar-refractivity contribution in [1.29, 1.82) is 0 Å². The Morgan fingerprint density at radius 2 is 1.90 bits per heavy atom. The minimum Gasteiger partial charge on any atom is -0.508 e. The van der Waals surface area contributed by atoms with E-state index >= 15 is 0 Å². The standard InChI is InChI=1S/C15H14BrN3OS/c1-10(11-5-7-14(20)8-6-11)18-19-15(21)17-13-4-2-3-12(16)9-13/h2-9,20H,1H3,(H2,17,19,21)/b18-10+. The van der Waals surface area contributed by atoms with E-state index in [4.69, 9.17) is 12.2 Å². The summed E-state index contributed by atoms with van der Waals surface area (Å²) in [5, 5.41) is 16.9. The molecule has 2 aromatic rings. The molecular weight excluding hydrogens is 350 g/mol. The molecular formula is C15H14BrN3OS. The molecule has 0 aromatic heterocycles. The first-order valence-corrected chi connectivity index (χ1v) is 7.41. The van der Waals surface area contributed by atoms with E-state index in [0.29, 0.717) is 5.11 Å². The zero-order chi connectivity index (χ0) is 15.2. The first kappa shape index (κ1) is 15.5. The van der Waals surface area contributed by atoms with Gasteiger partial charge >= 0.3 is 0 Å². The summed E-state index contributed by atoms with van der Waals surface area (Å²) in [5.74, 6) is 0.228. The third-order valence-corrected chi connectivity index (χ3v) is 3.38. The number of hydrogen-bond donors (Lipinski definition) is 3. The lowest BCUT2D eigenvalue weighted by molar-refractivity contribution is 0.475. The quantitative estimate of drug-likeness (QED) is 0.440. The van der Waals surface area contributed by atoms with Crippen molar-refractivity contribution in [3.63, 3.8) is 0 Å². The lowest BCUT2D eigenvalue weighted by Gasteiger charge is -2.08. The lowest BCUT2D eigenvalue weighted by Crippen LogP contribution is -2.24. The molecule has 2 aromatic carbocycles. The fourth-order valence-electron chi connectivity index (χ4n) is 1.63. The van der Waals surface area contributed by atoms with Gasteiger partial charge in [-0.3, -0.25) is 5.43 Å². The maximum Gasteiger partial charge on any atom is 0.191 e. The summed E-state index contributed by atoms with van der Waals surface area (Å²) >= 11 is 8.58. The van der Waals surface area contributed by atoms with Crippen molar-refractivity contribution >= 4 is 44.7 Å². The van der Waals surface area contributed by atoms with E-state index < -0.39 is 0 Å². The summed E-state index contributed by atoms with van der Waals surface area (Å²) in [6.45, 7) is 1.86. The molecule has 0 saturated heterocycles. The number of nitrogens with zero attached hydrogens (tertiary/aromatic N) is 1. The molecule has 0 unspecified atom stereocenters. The molecule has 21 heavy (non-hydrogen) atoms. The zero-order valence-electron chi connectivity index (χ0n) is 11.3. The summed E-state index contributed by atoms with van der Waals surface area (Å²) in [6.07, 6.45) is 0. The van der Waals surface area contributed by atoms with Gasteiger partial charge in [-0.05, 0) is 67.2 Å². The molecule has 3 N–H and O–H groups in total. The van der Waals surface area contributed by atoms with Crippen LogP contribution >= 0.6 is 28.1 Å². The molecule has 0 spiro atoms. The first-order chi connectivity index (χ1) is 10.0. The summed E-state index contributed by atoms with van der Waals surface area (Å²) in [6, 6.07) is 14.5. The molecule has 2 rings (SSSR count). The van der Waals surface area contributed by atoms with Crippen molar-refractivity contribution in [2.45, 2.75) is 6.92 Å². The van der Waals surface area contributed by atoms with Crippen LogP contribution in [-0.2, 0) is 0 Å². The zero-order valence-corrected chi connectivity index (χ0v) is 13.7. The van der Waals surface area contributed by atoms with Crippen LogP contribution in [0.3, 0.4) is 0 Å². The molecule has 4 nitrogen and oxygen atoms in total. The van der Waals surface area contributed by atoms with Crippen LogP contribution in [0.15, 0.2) is 58.1 Å². The Balaban J connectivity index is 1.96. The number of halogens is 1. The molecule has 0 aliphatic heterocycles. The van der Waals surface area contributed by atoms with E-state index in [1.165, 1.54) is 0 Å². The molecule has 0 atom stereocenters. The largest absolute Gasteiger partial charge is 0.508 e. The van der Waals surface area contributed by atoms with Gasteiger partial charge in [-0.2, -0.15) is 5.10 Å². The molecule has 6 heteroatoms. The Labute approximate surface area is 137 Å². The molecule has 0 amide bonds. The number of phenolic OH excluding ortho intramolecular Hbond substituents is 1. The second kappa shape index (κ2) is 7.19. The number of rotatable bonds is 3. The van der Waals surface area contributed by atoms with Crippen molar-refractivity contribution in [3.8, 4) is 5.75 Å². The van der Waals surface area contributed by atoms with Crippen molar-refractivity contribution in [2.24, 2.45) is 5.10 Å². The van der Waals surface area contributed by atoms with Gasteiger partial charge in [0, 0.05) is 10.2 Å². The van der Waals surface area contributed by atoms with Crippen molar-refractivity contribution < 1.29 is 5.11 Å². The van der Waals surface area contributed by atoms with Gasteiger partial charge in [-0.25, -0.2) is 0 Å². The molecule has 0 aliphatic carbocycles. The number of phenols is 1. The van der Waals surface area contributed by atoms with Crippen LogP contribution in [0.2, 0.25) is 0 Å². The number of anilines is 1. The second-order valence-corrected chi connectivity index (χ2v) is 5.64. The average Bonchev–Trinajstić information content (AvgIpc) is 2.45. The highest BCUT2D eigenvalue weighted by molar-refractivity contribution is 9.10. The smallest absolute Gasteiger partial charge is 0.191 e. The van der Waals surface area contributed by atoms with E-state index in [0.717, 1.165) is 21.4 Å².